The van der Waals surface area contributed by atoms with Gasteiger partial charge < -0.3 is 4.18 Å². The molecule has 5 heteroatoms. The molecule has 3 rings (SSSR count). The lowest BCUT2D eigenvalue weighted by molar-refractivity contribution is 0.369. The van der Waals surface area contributed by atoms with Crippen LogP contribution in [0.4, 0.5) is 0 Å². The molecule has 2 aromatic rings. The van der Waals surface area contributed by atoms with Crippen molar-refractivity contribution in [1.29, 1.82) is 0 Å². The second kappa shape index (κ2) is 4.86. The van der Waals surface area contributed by atoms with Crippen molar-refractivity contribution in [2.75, 3.05) is 0 Å². The van der Waals surface area contributed by atoms with E-state index in [0.717, 1.165) is 16.7 Å². The van der Waals surface area contributed by atoms with Crippen molar-refractivity contribution in [3.63, 3.8) is 0 Å². The predicted octanol–water partition coefficient (Wildman–Crippen LogP) is 2.88. The van der Waals surface area contributed by atoms with Crippen LogP contribution in [0.5, 0.6) is 5.75 Å². The molecule has 0 spiro atoms. The molecule has 1 atom stereocenters. The Bertz CT molecular complexity index is 768. The molecule has 21 heavy (non-hydrogen) atoms. The number of benzene rings is 2. The van der Waals surface area contributed by atoms with Crippen LogP contribution in [-0.4, -0.2) is 8.42 Å². The van der Waals surface area contributed by atoms with Crippen LogP contribution < -0.4 is 8.91 Å². The maximum absolute atomic E-state index is 12.1. The average molecular weight is 303 g/mol. The molecule has 1 N–H and O–H groups in total. The molecule has 0 radical (unpaired) electrons. The fourth-order valence-electron chi connectivity index (χ4n) is 2.82. The first kappa shape index (κ1) is 14.1. The number of aryl methyl sites for hydroxylation is 1. The lowest BCUT2D eigenvalue weighted by Crippen LogP contribution is -2.51. The highest BCUT2D eigenvalue weighted by atomic mass is 32.2. The summed E-state index contributed by atoms with van der Waals surface area (Å²) in [6, 6.07) is 15.1. The highest BCUT2D eigenvalue weighted by Gasteiger charge is 2.43. The largest absolute Gasteiger partial charge is 0.383 e. The summed E-state index contributed by atoms with van der Waals surface area (Å²) < 4.78 is 32.0. The van der Waals surface area contributed by atoms with Crippen molar-refractivity contribution in [2.24, 2.45) is 0 Å². The average Bonchev–Trinajstić information content (AvgIpc) is 2.46. The molecule has 0 aliphatic carbocycles. The van der Waals surface area contributed by atoms with Crippen molar-refractivity contribution in [3.05, 3.63) is 65.2 Å². The number of nitrogens with one attached hydrogen (secondary N) is 1. The van der Waals surface area contributed by atoms with Gasteiger partial charge in [-0.1, -0.05) is 55.0 Å². The first-order chi connectivity index (χ1) is 9.97. The lowest BCUT2D eigenvalue weighted by atomic mass is 9.81. The Morgan fingerprint density at radius 2 is 1.76 bits per heavy atom. The van der Waals surface area contributed by atoms with E-state index in [2.05, 4.69) is 4.72 Å². The van der Waals surface area contributed by atoms with Crippen molar-refractivity contribution in [2.45, 2.75) is 25.8 Å². The number of fused-ring (bicyclic) bond motifs is 1. The molecular formula is C16H17NO3S. The minimum Gasteiger partial charge on any atom is -0.370 e. The van der Waals surface area contributed by atoms with Crippen LogP contribution in [0.1, 0.15) is 30.0 Å². The van der Waals surface area contributed by atoms with E-state index in [0.29, 0.717) is 12.2 Å². The van der Waals surface area contributed by atoms with Gasteiger partial charge in [-0.3, -0.25) is 0 Å². The summed E-state index contributed by atoms with van der Waals surface area (Å²) in [5.74, 6) is 0.388. The monoisotopic (exact) mass is 303 g/mol. The molecule has 110 valence electrons. The molecule has 0 saturated heterocycles. The number of rotatable bonds is 2. The molecule has 0 saturated carbocycles. The summed E-state index contributed by atoms with van der Waals surface area (Å²) in [6.45, 7) is 3.97. The molecular weight excluding hydrogens is 286 g/mol. The van der Waals surface area contributed by atoms with Gasteiger partial charge >= 0.3 is 10.3 Å². The van der Waals surface area contributed by atoms with E-state index < -0.39 is 15.8 Å². The molecule has 1 heterocycles. The van der Waals surface area contributed by atoms with Gasteiger partial charge in [0, 0.05) is 5.56 Å². The summed E-state index contributed by atoms with van der Waals surface area (Å²) in [5, 5.41) is 0. The van der Waals surface area contributed by atoms with Gasteiger partial charge in [0.05, 0.1) is 5.54 Å². The molecule has 4 nitrogen and oxygen atoms in total. The SMILES string of the molecule is CC[C@]1(c2ccc(C)cc2)NS(=O)(=O)Oc2ccccc21. The molecule has 0 amide bonds. The number of hydrogen-bond acceptors (Lipinski definition) is 3. The zero-order valence-corrected chi connectivity index (χ0v) is 12.8. The van der Waals surface area contributed by atoms with Crippen LogP contribution in [0.3, 0.4) is 0 Å². The zero-order chi connectivity index (χ0) is 15.1. The second-order valence-electron chi connectivity index (χ2n) is 5.26. The van der Waals surface area contributed by atoms with E-state index in [1.807, 2.05) is 50.2 Å². The molecule has 2 aromatic carbocycles. The first-order valence-electron chi connectivity index (χ1n) is 6.87. The van der Waals surface area contributed by atoms with Crippen LogP contribution >= 0.6 is 0 Å². The van der Waals surface area contributed by atoms with E-state index in [1.54, 1.807) is 12.1 Å². The van der Waals surface area contributed by atoms with E-state index in [9.17, 15) is 8.42 Å². The van der Waals surface area contributed by atoms with Gasteiger partial charge in [0.25, 0.3) is 0 Å². The van der Waals surface area contributed by atoms with Crippen molar-refractivity contribution >= 4 is 10.3 Å². The Morgan fingerprint density at radius 1 is 1.10 bits per heavy atom. The summed E-state index contributed by atoms with van der Waals surface area (Å²) in [5.41, 5.74) is 2.09. The van der Waals surface area contributed by atoms with Crippen LogP contribution in [0.15, 0.2) is 48.5 Å². The summed E-state index contributed by atoms with van der Waals surface area (Å²) >= 11 is 0. The Labute approximate surface area is 125 Å². The van der Waals surface area contributed by atoms with Gasteiger partial charge in [0.2, 0.25) is 0 Å². The van der Waals surface area contributed by atoms with E-state index >= 15 is 0 Å². The summed E-state index contributed by atoms with van der Waals surface area (Å²) in [7, 11) is -3.82. The molecule has 0 aromatic heterocycles. The van der Waals surface area contributed by atoms with E-state index in [1.165, 1.54) is 0 Å². The quantitative estimate of drug-likeness (QED) is 0.928. The lowest BCUT2D eigenvalue weighted by Gasteiger charge is -2.38. The standard InChI is InChI=1S/C16H17NO3S/c1-3-16(13-10-8-12(2)9-11-13)14-6-4-5-7-15(14)20-21(18,19)17-16/h4-11,17H,3H2,1-2H3/t16-/m1/s1. The topological polar surface area (TPSA) is 55.4 Å². The maximum Gasteiger partial charge on any atom is 0.383 e. The highest BCUT2D eigenvalue weighted by Crippen LogP contribution is 2.42. The Kier molecular flexibility index (Phi) is 3.26. The van der Waals surface area contributed by atoms with E-state index in [4.69, 9.17) is 4.18 Å². The van der Waals surface area contributed by atoms with Gasteiger partial charge in [0.15, 0.2) is 0 Å². The Morgan fingerprint density at radius 3 is 2.43 bits per heavy atom. The third-order valence-corrected chi connectivity index (χ3v) is 4.92. The molecule has 0 bridgehead atoms. The Hall–Kier alpha value is -1.85. The van der Waals surface area contributed by atoms with E-state index in [-0.39, 0.29) is 0 Å². The van der Waals surface area contributed by atoms with Crippen LogP contribution in [0.25, 0.3) is 0 Å². The minimum atomic E-state index is -3.82. The van der Waals surface area contributed by atoms with Gasteiger partial charge in [-0.15, -0.1) is 0 Å². The molecule has 0 unspecified atom stereocenters. The van der Waals surface area contributed by atoms with Crippen LogP contribution in [0, 0.1) is 6.92 Å². The predicted molar refractivity (Wildman–Crippen MR) is 81.4 cm³/mol. The summed E-state index contributed by atoms with van der Waals surface area (Å²) in [6.07, 6.45) is 0.593. The van der Waals surface area contributed by atoms with Gasteiger partial charge in [-0.2, -0.15) is 13.1 Å². The maximum atomic E-state index is 12.1. The smallest absolute Gasteiger partial charge is 0.370 e. The van der Waals surface area contributed by atoms with Gasteiger partial charge in [0.1, 0.15) is 5.75 Å². The van der Waals surface area contributed by atoms with Crippen molar-refractivity contribution in [1.82, 2.24) is 4.72 Å². The van der Waals surface area contributed by atoms with Gasteiger partial charge in [-0.25, -0.2) is 0 Å². The molecule has 1 aliphatic rings. The normalized spacial score (nSPS) is 23.1. The highest BCUT2D eigenvalue weighted by molar-refractivity contribution is 7.85. The molecule has 1 aliphatic heterocycles. The third kappa shape index (κ3) is 2.32. The number of para-hydroxylation sites is 1. The fraction of sp³-hybridized carbons (Fsp3) is 0.250. The van der Waals surface area contributed by atoms with Crippen molar-refractivity contribution < 1.29 is 12.6 Å². The minimum absolute atomic E-state index is 0.388. The Balaban J connectivity index is 2.28. The fourth-order valence-corrected chi connectivity index (χ4v) is 4.04. The number of hydrogen-bond donors (Lipinski definition) is 1. The first-order valence-corrected chi connectivity index (χ1v) is 8.28. The second-order valence-corrected chi connectivity index (χ2v) is 6.54. The van der Waals surface area contributed by atoms with Gasteiger partial charge in [-0.05, 0) is 25.0 Å². The van der Waals surface area contributed by atoms with Crippen molar-refractivity contribution in [3.8, 4) is 5.75 Å². The zero-order valence-electron chi connectivity index (χ0n) is 12.0. The van der Waals surface area contributed by atoms with Crippen LogP contribution in [0.2, 0.25) is 0 Å². The third-order valence-electron chi connectivity index (χ3n) is 3.92. The molecule has 0 fully saturated rings. The summed E-state index contributed by atoms with van der Waals surface area (Å²) in [4.78, 5) is 0. The van der Waals surface area contributed by atoms with Crippen LogP contribution in [-0.2, 0) is 15.8 Å².